The second-order valence-corrected chi connectivity index (χ2v) is 8.48. The molecule has 0 radical (unpaired) electrons. The Morgan fingerprint density at radius 2 is 1.59 bits per heavy atom. The van der Waals surface area contributed by atoms with Gasteiger partial charge in [0.1, 0.15) is 36.4 Å². The first-order valence-corrected chi connectivity index (χ1v) is 12.4. The molecule has 4 aromatic carbocycles. The number of hydrogen-bond acceptors (Lipinski definition) is 5. The molecule has 7 heteroatoms. The molecule has 39 heavy (non-hydrogen) atoms. The van der Waals surface area contributed by atoms with Gasteiger partial charge in [-0.15, -0.1) is 0 Å². The number of carbonyl (C=O) groups is 1. The number of benzene rings is 4. The lowest BCUT2D eigenvalue weighted by atomic mass is 10.1. The number of amides is 1. The van der Waals surface area contributed by atoms with Crippen LogP contribution in [0, 0.1) is 17.1 Å². The molecular weight excluding hydrogens is 495 g/mol. The fraction of sp³-hybridized carbons (Fsp3) is 0.125. The van der Waals surface area contributed by atoms with E-state index < -0.39 is 5.91 Å². The monoisotopic (exact) mass is 522 g/mol. The van der Waals surface area contributed by atoms with Crippen LogP contribution >= 0.6 is 0 Å². The van der Waals surface area contributed by atoms with Gasteiger partial charge in [-0.3, -0.25) is 4.79 Å². The van der Waals surface area contributed by atoms with Crippen LogP contribution in [-0.4, -0.2) is 12.5 Å². The number of ether oxygens (including phenoxy) is 3. The maximum Gasteiger partial charge on any atom is 0.266 e. The maximum absolute atomic E-state index is 13.5. The number of anilines is 1. The van der Waals surface area contributed by atoms with Crippen molar-refractivity contribution in [1.29, 1.82) is 5.26 Å². The van der Waals surface area contributed by atoms with E-state index in [1.165, 1.54) is 18.2 Å². The number of carbonyl (C=O) groups excluding carboxylic acids is 1. The van der Waals surface area contributed by atoms with Crippen molar-refractivity contribution in [2.45, 2.75) is 20.1 Å². The van der Waals surface area contributed by atoms with Crippen LogP contribution in [0.5, 0.6) is 17.2 Å². The van der Waals surface area contributed by atoms with Crippen LogP contribution in [0.25, 0.3) is 6.08 Å². The van der Waals surface area contributed by atoms with Crippen LogP contribution in [0.15, 0.2) is 103 Å². The molecule has 0 aliphatic heterocycles. The Kier molecular flexibility index (Phi) is 9.30. The average Bonchev–Trinajstić information content (AvgIpc) is 2.96. The summed E-state index contributed by atoms with van der Waals surface area (Å²) in [6, 6.07) is 30.0. The van der Waals surface area contributed by atoms with Crippen molar-refractivity contribution in [2.24, 2.45) is 0 Å². The summed E-state index contributed by atoms with van der Waals surface area (Å²) in [5.74, 6) is 0.703. The highest BCUT2D eigenvalue weighted by atomic mass is 19.1. The van der Waals surface area contributed by atoms with Gasteiger partial charge in [-0.05, 0) is 78.2 Å². The van der Waals surface area contributed by atoms with Crippen molar-refractivity contribution in [3.8, 4) is 23.3 Å². The largest absolute Gasteiger partial charge is 0.490 e. The highest BCUT2D eigenvalue weighted by Crippen LogP contribution is 2.30. The molecule has 4 aromatic rings. The summed E-state index contributed by atoms with van der Waals surface area (Å²) in [4.78, 5) is 12.8. The van der Waals surface area contributed by atoms with E-state index in [1.807, 2.05) is 43.3 Å². The number of hydrogen-bond donors (Lipinski definition) is 1. The highest BCUT2D eigenvalue weighted by molar-refractivity contribution is 6.09. The summed E-state index contributed by atoms with van der Waals surface area (Å²) in [5.41, 5.74) is 2.78. The van der Waals surface area contributed by atoms with Gasteiger partial charge >= 0.3 is 0 Å². The van der Waals surface area contributed by atoms with Crippen molar-refractivity contribution in [3.05, 3.63) is 125 Å². The van der Waals surface area contributed by atoms with Crippen molar-refractivity contribution in [2.75, 3.05) is 11.9 Å². The van der Waals surface area contributed by atoms with Crippen LogP contribution in [-0.2, 0) is 18.0 Å². The third-order valence-electron chi connectivity index (χ3n) is 5.59. The second kappa shape index (κ2) is 13.5. The fourth-order valence-electron chi connectivity index (χ4n) is 3.68. The third-order valence-corrected chi connectivity index (χ3v) is 5.59. The first kappa shape index (κ1) is 27.0. The summed E-state index contributed by atoms with van der Waals surface area (Å²) < 4.78 is 30.8. The molecule has 0 unspecified atom stereocenters. The molecule has 0 aliphatic rings. The first-order chi connectivity index (χ1) is 19.0. The average molecular weight is 523 g/mol. The van der Waals surface area contributed by atoms with Crippen molar-refractivity contribution in [1.82, 2.24) is 0 Å². The minimum atomic E-state index is -0.542. The molecule has 0 saturated carbocycles. The predicted octanol–water partition coefficient (Wildman–Crippen LogP) is 6.93. The summed E-state index contributed by atoms with van der Waals surface area (Å²) in [7, 11) is 0. The lowest BCUT2D eigenvalue weighted by Crippen LogP contribution is -2.13. The molecule has 0 aromatic heterocycles. The molecule has 0 fully saturated rings. The maximum atomic E-state index is 13.5. The topological polar surface area (TPSA) is 80.6 Å². The van der Waals surface area contributed by atoms with E-state index in [9.17, 15) is 14.4 Å². The van der Waals surface area contributed by atoms with Gasteiger partial charge in [-0.25, -0.2) is 4.39 Å². The molecular formula is C32H27FN2O4. The molecule has 0 saturated heterocycles. The summed E-state index contributed by atoms with van der Waals surface area (Å²) >= 11 is 0. The van der Waals surface area contributed by atoms with Crippen LogP contribution < -0.4 is 19.5 Å². The molecule has 0 spiro atoms. The first-order valence-electron chi connectivity index (χ1n) is 12.4. The molecule has 6 nitrogen and oxygen atoms in total. The van der Waals surface area contributed by atoms with E-state index in [4.69, 9.17) is 14.2 Å². The van der Waals surface area contributed by atoms with Gasteiger partial charge in [0.2, 0.25) is 0 Å². The Hall–Kier alpha value is -5.09. The number of halogens is 1. The molecule has 1 N–H and O–H groups in total. The van der Waals surface area contributed by atoms with E-state index in [0.29, 0.717) is 47.3 Å². The number of nitriles is 1. The Morgan fingerprint density at radius 3 is 2.31 bits per heavy atom. The normalized spacial score (nSPS) is 10.8. The van der Waals surface area contributed by atoms with E-state index >= 15 is 0 Å². The van der Waals surface area contributed by atoms with Gasteiger partial charge in [-0.2, -0.15) is 5.26 Å². The van der Waals surface area contributed by atoms with Gasteiger partial charge < -0.3 is 19.5 Å². The second-order valence-electron chi connectivity index (χ2n) is 8.48. The molecule has 4 rings (SSSR count). The molecule has 0 bridgehead atoms. The van der Waals surface area contributed by atoms with Crippen LogP contribution in [0.4, 0.5) is 10.1 Å². The molecule has 0 heterocycles. The number of rotatable bonds is 11. The van der Waals surface area contributed by atoms with Crippen LogP contribution in [0.1, 0.15) is 23.6 Å². The predicted molar refractivity (Wildman–Crippen MR) is 148 cm³/mol. The number of nitrogens with zero attached hydrogens (tertiary/aromatic N) is 1. The van der Waals surface area contributed by atoms with Crippen molar-refractivity contribution in [3.63, 3.8) is 0 Å². The minimum absolute atomic E-state index is 0.0738. The number of nitrogens with one attached hydrogen (secondary N) is 1. The smallest absolute Gasteiger partial charge is 0.266 e. The zero-order valence-electron chi connectivity index (χ0n) is 21.4. The standard InChI is InChI=1S/C32H27FN2O4/c1-2-37-31-19-24(11-16-30(31)39-22-25-9-6-10-27(33)18-25)17-26(20-34)32(36)35-28-12-14-29(15-13-28)38-21-23-7-4-3-5-8-23/h3-19H,2,21-22H2,1H3,(H,35,36)/b26-17+. The highest BCUT2D eigenvalue weighted by Gasteiger charge is 2.12. The zero-order valence-corrected chi connectivity index (χ0v) is 21.4. The summed E-state index contributed by atoms with van der Waals surface area (Å²) in [5, 5.41) is 12.4. The van der Waals surface area contributed by atoms with Crippen molar-refractivity contribution < 1.29 is 23.4 Å². The van der Waals surface area contributed by atoms with E-state index in [1.54, 1.807) is 54.6 Å². The molecule has 0 atom stereocenters. The lowest BCUT2D eigenvalue weighted by Gasteiger charge is -2.13. The quantitative estimate of drug-likeness (QED) is 0.171. The van der Waals surface area contributed by atoms with E-state index in [0.717, 1.165) is 5.56 Å². The molecule has 1 amide bonds. The van der Waals surface area contributed by atoms with Gasteiger partial charge in [0.15, 0.2) is 11.5 Å². The Labute approximate surface area is 226 Å². The van der Waals surface area contributed by atoms with Crippen molar-refractivity contribution >= 4 is 17.7 Å². The lowest BCUT2D eigenvalue weighted by molar-refractivity contribution is -0.112. The zero-order chi connectivity index (χ0) is 27.5. The summed E-state index contributed by atoms with van der Waals surface area (Å²) in [6.45, 7) is 2.83. The van der Waals surface area contributed by atoms with Gasteiger partial charge in [0.25, 0.3) is 5.91 Å². The van der Waals surface area contributed by atoms with E-state index in [2.05, 4.69) is 5.32 Å². The SMILES string of the molecule is CCOc1cc(/C=C(\C#N)C(=O)Nc2ccc(OCc3ccccc3)cc2)ccc1OCc1cccc(F)c1. The Morgan fingerprint density at radius 1 is 0.846 bits per heavy atom. The van der Waals surface area contributed by atoms with Gasteiger partial charge in [0, 0.05) is 5.69 Å². The Bertz CT molecular complexity index is 1480. The molecule has 0 aliphatic carbocycles. The summed E-state index contributed by atoms with van der Waals surface area (Å²) in [6.07, 6.45) is 1.48. The van der Waals surface area contributed by atoms with Crippen LogP contribution in [0.2, 0.25) is 0 Å². The minimum Gasteiger partial charge on any atom is -0.490 e. The van der Waals surface area contributed by atoms with Gasteiger partial charge in [0.05, 0.1) is 6.61 Å². The fourth-order valence-corrected chi connectivity index (χ4v) is 3.68. The third kappa shape index (κ3) is 7.94. The Balaban J connectivity index is 1.40. The van der Waals surface area contributed by atoms with Crippen LogP contribution in [0.3, 0.4) is 0 Å². The molecule has 196 valence electrons. The van der Waals surface area contributed by atoms with Gasteiger partial charge in [-0.1, -0.05) is 48.5 Å². The van der Waals surface area contributed by atoms with E-state index in [-0.39, 0.29) is 18.0 Å².